The quantitative estimate of drug-likeness (QED) is 0.586. The third-order valence-corrected chi connectivity index (χ3v) is 22.5. The summed E-state index contributed by atoms with van der Waals surface area (Å²) in [7, 11) is 6.88. The van der Waals surface area contributed by atoms with Gasteiger partial charge in [-0.3, -0.25) is 0 Å². The molecule has 0 fully saturated rings. The summed E-state index contributed by atoms with van der Waals surface area (Å²) >= 11 is 3.88. The molecule has 4 heteroatoms. The molecule has 0 aliphatic rings. The van der Waals surface area contributed by atoms with Gasteiger partial charge in [0.2, 0.25) is 0 Å². The van der Waals surface area contributed by atoms with Gasteiger partial charge in [0.15, 0.2) is 0 Å². The third-order valence-electron chi connectivity index (χ3n) is 2.36. The van der Waals surface area contributed by atoms with E-state index in [0.717, 1.165) is 7.02 Å². The molecule has 0 heterocycles. The number of rotatable bonds is 2. The summed E-state index contributed by atoms with van der Waals surface area (Å²) in [5.41, 5.74) is 0. The molecule has 0 spiro atoms. The zero-order valence-electron chi connectivity index (χ0n) is 8.35. The van der Waals surface area contributed by atoms with Crippen LogP contribution in [-0.2, 0) is 0 Å². The van der Waals surface area contributed by atoms with Gasteiger partial charge in [0, 0.05) is 0 Å². The van der Waals surface area contributed by atoms with Crippen LogP contribution in [-0.4, -0.2) is 11.8 Å². The molecule has 2 rings (SSSR count). The number of hydrogen-bond acceptors (Lipinski definition) is 0. The van der Waals surface area contributed by atoms with Crippen molar-refractivity contribution in [1.29, 1.82) is 0 Å². The normalized spacial score (nSPS) is 14.1. The topological polar surface area (TPSA) is 0 Å². The zero-order valence-corrected chi connectivity index (χ0v) is 14.8. The Morgan fingerprint density at radius 3 is 1.31 bits per heavy atom. The van der Waals surface area contributed by atoms with E-state index in [1.807, 2.05) is 36.4 Å². The Balaban J connectivity index is 2.60. The summed E-state index contributed by atoms with van der Waals surface area (Å²) in [5.74, 6) is 0. The molecule has 84 valence electrons. The van der Waals surface area contributed by atoms with Crippen molar-refractivity contribution in [3.63, 3.8) is 0 Å². The molecule has 2 aromatic carbocycles. The summed E-state index contributed by atoms with van der Waals surface area (Å²) in [5, 5.41) is 0. The zero-order chi connectivity index (χ0) is 11.7. The minimum absolute atomic E-state index is 1.14. The Labute approximate surface area is 112 Å². The van der Waals surface area contributed by atoms with Crippen LogP contribution in [0.2, 0.25) is 0 Å². The molecular formula is C12H10Br2ClSb. The van der Waals surface area contributed by atoms with Crippen molar-refractivity contribution in [3.8, 4) is 0 Å². The maximum atomic E-state index is 6.88. The number of benzene rings is 2. The van der Waals surface area contributed by atoms with Gasteiger partial charge in [0.1, 0.15) is 0 Å². The fourth-order valence-electron chi connectivity index (χ4n) is 1.49. The van der Waals surface area contributed by atoms with Gasteiger partial charge in [0.25, 0.3) is 0 Å². The molecule has 0 radical (unpaired) electrons. The standard InChI is InChI=1S/2C6H5.2BrH.ClH.Sb/c2*1-2-4-6-5-3-1;;;;/h2*1-5H;3*1H;/q;;;;;+3/p-3. The summed E-state index contributed by atoms with van der Waals surface area (Å²) in [6.45, 7) is 0. The molecule has 0 atom stereocenters. The van der Waals surface area contributed by atoms with Crippen molar-refractivity contribution in [2.45, 2.75) is 0 Å². The van der Waals surface area contributed by atoms with Crippen molar-refractivity contribution >= 4 is 52.8 Å². The van der Waals surface area contributed by atoms with E-state index in [-0.39, 0.29) is 0 Å². The molecule has 0 aliphatic heterocycles. The van der Waals surface area contributed by atoms with E-state index < -0.39 is 11.8 Å². The van der Waals surface area contributed by atoms with Crippen LogP contribution in [0.3, 0.4) is 0 Å². The van der Waals surface area contributed by atoms with Crippen LogP contribution in [0, 0.1) is 0 Å². The Morgan fingerprint density at radius 1 is 0.688 bits per heavy atom. The summed E-state index contributed by atoms with van der Waals surface area (Å²) in [4.78, 5) is 0. The van der Waals surface area contributed by atoms with Gasteiger partial charge in [-0.05, 0) is 0 Å². The van der Waals surface area contributed by atoms with Gasteiger partial charge in [-0.1, -0.05) is 0 Å². The summed E-state index contributed by atoms with van der Waals surface area (Å²) in [6, 6.07) is 20.3. The molecule has 0 aliphatic carbocycles. The van der Waals surface area contributed by atoms with E-state index in [9.17, 15) is 0 Å². The first-order valence-corrected chi connectivity index (χ1v) is 22.0. The Morgan fingerprint density at radius 2 is 1.00 bits per heavy atom. The van der Waals surface area contributed by atoms with Crippen LogP contribution in [0.4, 0.5) is 0 Å². The second-order valence-corrected chi connectivity index (χ2v) is 46.5. The molecular weight excluding hydrogens is 461 g/mol. The molecule has 2 aromatic rings. The molecule has 0 unspecified atom stereocenters. The van der Waals surface area contributed by atoms with Gasteiger partial charge >= 0.3 is 113 Å². The van der Waals surface area contributed by atoms with Crippen molar-refractivity contribution in [1.82, 2.24) is 0 Å². The molecule has 0 N–H and O–H groups in total. The number of hydrogen-bond donors (Lipinski definition) is 0. The van der Waals surface area contributed by atoms with E-state index in [1.165, 1.54) is 0 Å². The van der Waals surface area contributed by atoms with Crippen LogP contribution >= 0.6 is 34.0 Å². The third kappa shape index (κ3) is 2.51. The van der Waals surface area contributed by atoms with Crippen molar-refractivity contribution in [3.05, 3.63) is 60.7 Å². The fourth-order valence-corrected chi connectivity index (χ4v) is 14.0. The predicted octanol–water partition coefficient (Wildman–Crippen LogP) is 3.72. The molecule has 0 amide bonds. The molecule has 0 nitrogen and oxygen atoms in total. The van der Waals surface area contributed by atoms with Gasteiger partial charge in [-0.25, -0.2) is 0 Å². The fraction of sp³-hybridized carbons (Fsp3) is 0. The first-order chi connectivity index (χ1) is 7.49. The van der Waals surface area contributed by atoms with Gasteiger partial charge in [0.05, 0.1) is 0 Å². The second kappa shape index (κ2) is 4.65. The van der Waals surface area contributed by atoms with Crippen LogP contribution in [0.15, 0.2) is 60.7 Å². The van der Waals surface area contributed by atoms with Crippen LogP contribution < -0.4 is 7.02 Å². The molecule has 0 saturated carbocycles. The van der Waals surface area contributed by atoms with Crippen molar-refractivity contribution in [2.24, 2.45) is 0 Å². The van der Waals surface area contributed by atoms with E-state index in [1.54, 1.807) is 0 Å². The van der Waals surface area contributed by atoms with Crippen LogP contribution in [0.1, 0.15) is 0 Å². The van der Waals surface area contributed by atoms with E-state index in [2.05, 4.69) is 49.5 Å². The van der Waals surface area contributed by atoms with Crippen molar-refractivity contribution < 1.29 is 0 Å². The maximum absolute atomic E-state index is 6.88. The summed E-state index contributed by atoms with van der Waals surface area (Å²) < 4.78 is 2.28. The first kappa shape index (κ1) is 13.0. The first-order valence-electron chi connectivity index (χ1n) is 4.78. The monoisotopic (exact) mass is 468 g/mol. The molecule has 0 saturated heterocycles. The SMILES string of the molecule is [Cl][Sb]([Br])([Br])([c]1ccccc1)[c]1ccccc1. The molecule has 0 aromatic heterocycles. The molecule has 16 heavy (non-hydrogen) atoms. The number of halogens is 3. The average Bonchev–Trinajstić information content (AvgIpc) is 2.31. The van der Waals surface area contributed by atoms with Crippen LogP contribution in [0.5, 0.6) is 0 Å². The van der Waals surface area contributed by atoms with E-state index >= 15 is 0 Å². The predicted molar refractivity (Wildman–Crippen MR) is 81.6 cm³/mol. The Kier molecular flexibility index (Phi) is 3.76. The van der Waals surface area contributed by atoms with Gasteiger partial charge in [-0.2, -0.15) is 0 Å². The average molecular weight is 471 g/mol. The van der Waals surface area contributed by atoms with E-state index in [4.69, 9.17) is 8.83 Å². The van der Waals surface area contributed by atoms with Crippen molar-refractivity contribution in [2.75, 3.05) is 0 Å². The van der Waals surface area contributed by atoms with Gasteiger partial charge < -0.3 is 0 Å². The minimum atomic E-state index is -3.70. The Bertz CT molecular complexity index is 433. The van der Waals surface area contributed by atoms with Crippen LogP contribution in [0.25, 0.3) is 0 Å². The Hall–Kier alpha value is 0.508. The molecule has 0 bridgehead atoms. The summed E-state index contributed by atoms with van der Waals surface area (Å²) in [6.07, 6.45) is 0. The van der Waals surface area contributed by atoms with E-state index in [0.29, 0.717) is 0 Å². The second-order valence-electron chi connectivity index (χ2n) is 3.48. The van der Waals surface area contributed by atoms with Gasteiger partial charge in [-0.15, -0.1) is 0 Å².